The lowest BCUT2D eigenvalue weighted by Gasteiger charge is -2.08. The number of halogens is 1. The van der Waals surface area contributed by atoms with Gasteiger partial charge in [-0.3, -0.25) is 0 Å². The molecule has 3 heteroatoms. The Morgan fingerprint density at radius 1 is 1.11 bits per heavy atom. The summed E-state index contributed by atoms with van der Waals surface area (Å²) in [6.07, 6.45) is 2.18. The van der Waals surface area contributed by atoms with Crippen molar-refractivity contribution in [3.63, 3.8) is 0 Å². The zero-order valence-electron chi connectivity index (χ0n) is 10.5. The number of benzene rings is 2. The average molecular weight is 364 g/mol. The van der Waals surface area contributed by atoms with Gasteiger partial charge in [-0.2, -0.15) is 0 Å². The zero-order valence-corrected chi connectivity index (χ0v) is 12.7. The van der Waals surface area contributed by atoms with Gasteiger partial charge in [0, 0.05) is 0 Å². The van der Waals surface area contributed by atoms with Crippen molar-refractivity contribution in [1.82, 2.24) is 0 Å². The van der Waals surface area contributed by atoms with Crippen molar-refractivity contribution in [2.75, 3.05) is 6.79 Å². The fourth-order valence-corrected chi connectivity index (χ4v) is 3.15. The minimum atomic E-state index is 0.316. The third kappa shape index (κ3) is 2.47. The third-order valence-electron chi connectivity index (χ3n) is 3.09. The van der Waals surface area contributed by atoms with Crippen molar-refractivity contribution < 1.29 is 9.47 Å². The van der Waals surface area contributed by atoms with Crippen LogP contribution in [0, 0.1) is 3.57 Å². The Balaban J connectivity index is 2.01. The first kappa shape index (κ1) is 12.5. The van der Waals surface area contributed by atoms with Gasteiger partial charge in [-0.15, -0.1) is 0 Å². The van der Waals surface area contributed by atoms with Crippen LogP contribution in [-0.2, 0) is 0 Å². The van der Waals surface area contributed by atoms with Crippen LogP contribution in [0.15, 0.2) is 42.5 Å². The Morgan fingerprint density at radius 3 is 2.68 bits per heavy atom. The second-order valence-corrected chi connectivity index (χ2v) is 5.48. The first-order valence-electron chi connectivity index (χ1n) is 6.07. The Morgan fingerprint density at radius 2 is 1.89 bits per heavy atom. The van der Waals surface area contributed by atoms with E-state index < -0.39 is 0 Å². The predicted molar refractivity (Wildman–Crippen MR) is 85.3 cm³/mol. The van der Waals surface area contributed by atoms with Crippen LogP contribution >= 0.6 is 22.6 Å². The van der Waals surface area contributed by atoms with E-state index in [2.05, 4.69) is 53.8 Å². The van der Waals surface area contributed by atoms with E-state index in [1.807, 2.05) is 24.3 Å². The molecular weight excluding hydrogens is 351 g/mol. The van der Waals surface area contributed by atoms with Crippen LogP contribution in [0.4, 0.5) is 0 Å². The molecule has 1 heterocycles. The van der Waals surface area contributed by atoms with Gasteiger partial charge >= 0.3 is 0 Å². The fraction of sp³-hybridized carbons (Fsp3) is 0.125. The second-order valence-electron chi connectivity index (χ2n) is 4.40. The van der Waals surface area contributed by atoms with Gasteiger partial charge in [-0.25, -0.2) is 0 Å². The van der Waals surface area contributed by atoms with Crippen LogP contribution in [0.3, 0.4) is 0 Å². The minimum Gasteiger partial charge on any atom is -0.454 e. The lowest BCUT2D eigenvalue weighted by atomic mass is 10.0. The molecule has 0 unspecified atom stereocenters. The molecule has 0 N–H and O–H groups in total. The molecule has 96 valence electrons. The number of allylic oxidation sites excluding steroid dienone is 1. The molecule has 0 aliphatic carbocycles. The molecule has 0 atom stereocenters. The largest absolute Gasteiger partial charge is 0.454 e. The molecule has 2 aromatic rings. The first-order chi connectivity index (χ1) is 9.25. The molecule has 0 bridgehead atoms. The molecule has 0 fully saturated rings. The summed E-state index contributed by atoms with van der Waals surface area (Å²) in [5.41, 5.74) is 3.61. The molecule has 0 aromatic heterocycles. The van der Waals surface area contributed by atoms with Gasteiger partial charge in [-0.1, -0.05) is 36.4 Å². The molecule has 1 aliphatic rings. The number of ether oxygens (including phenoxy) is 2. The quantitative estimate of drug-likeness (QED) is 0.574. The van der Waals surface area contributed by atoms with Crippen LogP contribution in [-0.4, -0.2) is 6.79 Å². The molecule has 3 rings (SSSR count). The number of rotatable bonds is 2. The highest BCUT2D eigenvalue weighted by molar-refractivity contribution is 14.1. The number of hydrogen-bond donors (Lipinski definition) is 0. The maximum Gasteiger partial charge on any atom is 0.231 e. The molecule has 0 saturated heterocycles. The van der Waals surface area contributed by atoms with Crippen molar-refractivity contribution in [3.05, 3.63) is 57.2 Å². The Labute approximate surface area is 126 Å². The zero-order chi connectivity index (χ0) is 13.2. The summed E-state index contributed by atoms with van der Waals surface area (Å²) in [6.45, 7) is 2.43. The van der Waals surface area contributed by atoms with Crippen molar-refractivity contribution in [1.29, 1.82) is 0 Å². The fourth-order valence-electron chi connectivity index (χ4n) is 2.12. The van der Waals surface area contributed by atoms with E-state index in [1.165, 1.54) is 16.7 Å². The Hall–Kier alpha value is -1.49. The Bertz CT molecular complexity index is 633. The van der Waals surface area contributed by atoms with Crippen LogP contribution in [0.1, 0.15) is 18.1 Å². The third-order valence-corrected chi connectivity index (χ3v) is 4.16. The number of fused-ring (bicyclic) bond motifs is 1. The van der Waals surface area contributed by atoms with Gasteiger partial charge in [0.15, 0.2) is 11.5 Å². The van der Waals surface area contributed by atoms with Crippen molar-refractivity contribution in [2.24, 2.45) is 0 Å². The van der Waals surface area contributed by atoms with Gasteiger partial charge < -0.3 is 9.47 Å². The summed E-state index contributed by atoms with van der Waals surface area (Å²) in [6, 6.07) is 14.4. The molecule has 0 radical (unpaired) electrons. The summed E-state index contributed by atoms with van der Waals surface area (Å²) in [4.78, 5) is 0. The molecule has 19 heavy (non-hydrogen) atoms. The van der Waals surface area contributed by atoms with E-state index in [0.717, 1.165) is 15.1 Å². The highest BCUT2D eigenvalue weighted by atomic mass is 127. The van der Waals surface area contributed by atoms with Crippen LogP contribution < -0.4 is 9.47 Å². The maximum absolute atomic E-state index is 5.51. The molecule has 2 aromatic carbocycles. The molecule has 0 saturated carbocycles. The lowest BCUT2D eigenvalue weighted by Crippen LogP contribution is -1.94. The predicted octanol–water partition coefficient (Wildman–Crippen LogP) is 4.58. The van der Waals surface area contributed by atoms with Crippen LogP contribution in [0.5, 0.6) is 11.5 Å². The average Bonchev–Trinajstić information content (AvgIpc) is 2.89. The van der Waals surface area contributed by atoms with E-state index in [0.29, 0.717) is 6.79 Å². The lowest BCUT2D eigenvalue weighted by molar-refractivity contribution is 0.173. The van der Waals surface area contributed by atoms with E-state index >= 15 is 0 Å². The summed E-state index contributed by atoms with van der Waals surface area (Å²) in [5, 5.41) is 0. The van der Waals surface area contributed by atoms with Crippen LogP contribution in [0.2, 0.25) is 0 Å². The van der Waals surface area contributed by atoms with Crippen molar-refractivity contribution in [3.8, 4) is 11.5 Å². The molecular formula is C16H13IO2. The van der Waals surface area contributed by atoms with Gasteiger partial charge in [0.1, 0.15) is 0 Å². The minimum absolute atomic E-state index is 0.316. The van der Waals surface area contributed by atoms with E-state index in [1.54, 1.807) is 0 Å². The smallest absolute Gasteiger partial charge is 0.231 e. The van der Waals surface area contributed by atoms with E-state index in [4.69, 9.17) is 9.47 Å². The summed E-state index contributed by atoms with van der Waals surface area (Å²) in [7, 11) is 0. The second kappa shape index (κ2) is 5.25. The first-order valence-corrected chi connectivity index (χ1v) is 7.15. The highest BCUT2D eigenvalue weighted by Gasteiger charge is 2.19. The van der Waals surface area contributed by atoms with Gasteiger partial charge in [0.05, 0.1) is 3.57 Å². The van der Waals surface area contributed by atoms with Crippen molar-refractivity contribution in [2.45, 2.75) is 6.92 Å². The maximum atomic E-state index is 5.51. The summed E-state index contributed by atoms with van der Waals surface area (Å²) < 4.78 is 12.0. The monoisotopic (exact) mass is 364 g/mol. The highest BCUT2D eigenvalue weighted by Crippen LogP contribution is 2.40. The van der Waals surface area contributed by atoms with Crippen LogP contribution in [0.25, 0.3) is 11.6 Å². The summed E-state index contributed by atoms with van der Waals surface area (Å²) in [5.74, 6) is 1.69. The van der Waals surface area contributed by atoms with E-state index in [9.17, 15) is 0 Å². The molecule has 1 aliphatic heterocycles. The molecule has 0 spiro atoms. The Kier molecular flexibility index (Phi) is 3.46. The number of hydrogen-bond acceptors (Lipinski definition) is 2. The van der Waals surface area contributed by atoms with Gasteiger partial charge in [-0.05, 0) is 58.3 Å². The molecule has 2 nitrogen and oxygen atoms in total. The van der Waals surface area contributed by atoms with Gasteiger partial charge in [0.2, 0.25) is 6.79 Å². The van der Waals surface area contributed by atoms with E-state index in [-0.39, 0.29) is 0 Å². The normalized spacial score (nSPS) is 13.7. The topological polar surface area (TPSA) is 18.5 Å². The molecule has 0 amide bonds. The summed E-state index contributed by atoms with van der Waals surface area (Å²) >= 11 is 2.32. The van der Waals surface area contributed by atoms with Crippen molar-refractivity contribution >= 4 is 34.2 Å². The van der Waals surface area contributed by atoms with Gasteiger partial charge in [0.25, 0.3) is 0 Å². The SMILES string of the molecule is C/C(=C\c1ccccc1)c1ccc2c(c1I)OCO2. The standard InChI is InChI=1S/C16H13IO2/c1-11(9-12-5-3-2-4-6-12)13-7-8-14-16(15(13)17)19-10-18-14/h2-9H,10H2,1H3/b11-9+.